The molecular formula is C20H18BFO4S. The summed E-state index contributed by atoms with van der Waals surface area (Å²) in [6.07, 6.45) is 1.58. The maximum absolute atomic E-state index is 14.3. The molecule has 0 bridgehead atoms. The molecule has 0 saturated carbocycles. The van der Waals surface area contributed by atoms with Crippen LogP contribution in [0.25, 0.3) is 11.3 Å². The minimum Gasteiger partial charge on any atom is -0.612 e. The third kappa shape index (κ3) is 4.26. The zero-order chi connectivity index (χ0) is 19.6. The second-order valence-electron chi connectivity index (χ2n) is 6.08. The van der Waals surface area contributed by atoms with E-state index in [4.69, 9.17) is 9.15 Å². The number of rotatable bonds is 5. The van der Waals surface area contributed by atoms with Crippen LogP contribution in [-0.4, -0.2) is 18.1 Å². The maximum atomic E-state index is 14.3. The van der Waals surface area contributed by atoms with Crippen LogP contribution >= 0.6 is 0 Å². The predicted molar refractivity (Wildman–Crippen MR) is 107 cm³/mol. The van der Waals surface area contributed by atoms with E-state index in [9.17, 15) is 13.7 Å². The van der Waals surface area contributed by atoms with Gasteiger partial charge in [-0.25, -0.2) is 4.39 Å². The van der Waals surface area contributed by atoms with Crippen molar-refractivity contribution in [2.75, 3.05) is 6.26 Å². The van der Waals surface area contributed by atoms with Crippen molar-refractivity contribution >= 4 is 23.9 Å². The number of hydrogen-bond donors (Lipinski definition) is 0. The molecule has 0 amide bonds. The van der Waals surface area contributed by atoms with Crippen LogP contribution in [0.1, 0.15) is 5.76 Å². The smallest absolute Gasteiger partial charge is 0.228 e. The molecule has 2 aromatic carbocycles. The van der Waals surface area contributed by atoms with E-state index in [1.54, 1.807) is 43.5 Å². The monoisotopic (exact) mass is 384 g/mol. The van der Waals surface area contributed by atoms with Crippen LogP contribution in [0.4, 0.5) is 4.39 Å². The van der Waals surface area contributed by atoms with Crippen molar-refractivity contribution in [1.29, 1.82) is 0 Å². The Balaban J connectivity index is 2.07. The molecule has 3 rings (SSSR count). The summed E-state index contributed by atoms with van der Waals surface area (Å²) >= 11 is -1.12. The van der Waals surface area contributed by atoms with E-state index in [1.165, 1.54) is 18.2 Å². The highest BCUT2D eigenvalue weighted by atomic mass is 32.2. The zero-order valence-electron chi connectivity index (χ0n) is 15.2. The van der Waals surface area contributed by atoms with Gasteiger partial charge in [-0.1, -0.05) is 18.4 Å². The lowest BCUT2D eigenvalue weighted by atomic mass is 9.73. The predicted octanol–water partition coefficient (Wildman–Crippen LogP) is 3.39. The Labute approximate surface area is 160 Å². The molecule has 0 N–H and O–H groups in total. The third-order valence-corrected chi connectivity index (χ3v) is 5.03. The molecule has 0 aliphatic heterocycles. The van der Waals surface area contributed by atoms with Gasteiger partial charge in [-0.05, 0) is 54.5 Å². The van der Waals surface area contributed by atoms with Crippen LogP contribution < -0.4 is 15.6 Å². The summed E-state index contributed by atoms with van der Waals surface area (Å²) < 4.78 is 37.2. The fourth-order valence-corrected chi connectivity index (χ4v) is 3.16. The van der Waals surface area contributed by atoms with Crippen LogP contribution in [-0.2, 0) is 11.2 Å². The van der Waals surface area contributed by atoms with Crippen molar-refractivity contribution in [3.05, 3.63) is 70.3 Å². The van der Waals surface area contributed by atoms with E-state index < -0.39 is 22.4 Å². The Morgan fingerprint density at radius 2 is 1.85 bits per heavy atom. The average Bonchev–Trinajstić information content (AvgIpc) is 2.65. The number of halogens is 1. The first-order chi connectivity index (χ1) is 12.9. The maximum Gasteiger partial charge on any atom is 0.228 e. The van der Waals surface area contributed by atoms with E-state index in [0.29, 0.717) is 23.5 Å². The van der Waals surface area contributed by atoms with Crippen molar-refractivity contribution in [2.24, 2.45) is 0 Å². The fraction of sp³-hybridized carbons (Fsp3) is 0.150. The van der Waals surface area contributed by atoms with Gasteiger partial charge in [-0.3, -0.25) is 4.79 Å². The summed E-state index contributed by atoms with van der Waals surface area (Å²) in [5.41, 5.74) is 1.00. The number of ether oxygens (including phenoxy) is 1. The molecule has 0 saturated heterocycles. The molecule has 1 aromatic heterocycles. The van der Waals surface area contributed by atoms with Gasteiger partial charge < -0.3 is 13.7 Å². The van der Waals surface area contributed by atoms with Crippen molar-refractivity contribution in [1.82, 2.24) is 0 Å². The van der Waals surface area contributed by atoms with Gasteiger partial charge in [-0.2, -0.15) is 0 Å². The molecule has 27 heavy (non-hydrogen) atoms. The molecule has 1 unspecified atom stereocenters. The van der Waals surface area contributed by atoms with Crippen molar-refractivity contribution in [3.63, 3.8) is 0 Å². The SMILES string of the molecule is CBc1ccc(Oc2c(-c3ccc([S+](C)[O-])cc3)oc(C)cc2=O)c(F)c1. The van der Waals surface area contributed by atoms with Crippen molar-refractivity contribution < 1.29 is 18.1 Å². The second kappa shape index (κ2) is 8.02. The van der Waals surface area contributed by atoms with Gasteiger partial charge in [-0.15, -0.1) is 0 Å². The van der Waals surface area contributed by atoms with Crippen LogP contribution in [0.2, 0.25) is 6.82 Å². The minimum atomic E-state index is -1.12. The molecule has 1 heterocycles. The molecule has 0 fully saturated rings. The first-order valence-electron chi connectivity index (χ1n) is 8.44. The van der Waals surface area contributed by atoms with Gasteiger partial charge in [0, 0.05) is 11.6 Å². The van der Waals surface area contributed by atoms with E-state index in [2.05, 4.69) is 0 Å². The van der Waals surface area contributed by atoms with Gasteiger partial charge in [0.1, 0.15) is 12.0 Å². The molecule has 0 aliphatic carbocycles. The van der Waals surface area contributed by atoms with Gasteiger partial charge in [0.05, 0.1) is 0 Å². The van der Waals surface area contributed by atoms with Gasteiger partial charge in [0.25, 0.3) is 0 Å². The topological polar surface area (TPSA) is 62.5 Å². The largest absolute Gasteiger partial charge is 0.612 e. The van der Waals surface area contributed by atoms with Gasteiger partial charge in [0.2, 0.25) is 11.2 Å². The molecule has 1 atom stereocenters. The van der Waals surface area contributed by atoms with E-state index in [-0.39, 0.29) is 17.3 Å². The van der Waals surface area contributed by atoms with Gasteiger partial charge >= 0.3 is 0 Å². The molecule has 7 heteroatoms. The standard InChI is InChI=1S/C20H18BFO4S/c1-12-10-17(23)20(26-18-9-6-14(21-2)11-16(18)22)19(25-12)13-4-7-15(8-5-13)27(3)24/h4-11,21H,1-3H3. The minimum absolute atomic E-state index is 0.0455. The molecule has 0 spiro atoms. The summed E-state index contributed by atoms with van der Waals surface area (Å²) in [7, 11) is 0.695. The summed E-state index contributed by atoms with van der Waals surface area (Å²) in [5.74, 6) is -0.0679. The van der Waals surface area contributed by atoms with E-state index >= 15 is 0 Å². The van der Waals surface area contributed by atoms with Crippen molar-refractivity contribution in [2.45, 2.75) is 18.6 Å². The molecular weight excluding hydrogens is 366 g/mol. The van der Waals surface area contributed by atoms with Crippen LogP contribution in [0, 0.1) is 12.7 Å². The number of benzene rings is 2. The third-order valence-electron chi connectivity index (χ3n) is 4.09. The normalized spacial score (nSPS) is 11.9. The lowest BCUT2D eigenvalue weighted by Crippen LogP contribution is -2.12. The number of hydrogen-bond acceptors (Lipinski definition) is 4. The molecule has 0 radical (unpaired) electrons. The first kappa shape index (κ1) is 19.3. The summed E-state index contributed by atoms with van der Waals surface area (Å²) in [6.45, 7) is 3.58. The van der Waals surface area contributed by atoms with Crippen LogP contribution in [0.3, 0.4) is 0 Å². The Morgan fingerprint density at radius 1 is 1.15 bits per heavy atom. The highest BCUT2D eigenvalue weighted by Crippen LogP contribution is 2.32. The molecule has 138 valence electrons. The lowest BCUT2D eigenvalue weighted by Gasteiger charge is -2.12. The lowest BCUT2D eigenvalue weighted by molar-refractivity contribution is 0.415. The Morgan fingerprint density at radius 3 is 2.44 bits per heavy atom. The van der Waals surface area contributed by atoms with Gasteiger partial charge in [0.15, 0.2) is 29.5 Å². The quantitative estimate of drug-likeness (QED) is 0.500. The first-order valence-corrected chi connectivity index (χ1v) is 9.99. The Hall–Kier alpha value is -2.51. The highest BCUT2D eigenvalue weighted by molar-refractivity contribution is 7.90. The summed E-state index contributed by atoms with van der Waals surface area (Å²) in [6, 6.07) is 12.7. The Bertz CT molecular complexity index is 1020. The van der Waals surface area contributed by atoms with Crippen molar-refractivity contribution in [3.8, 4) is 22.8 Å². The average molecular weight is 384 g/mol. The highest BCUT2D eigenvalue weighted by Gasteiger charge is 2.18. The van der Waals surface area contributed by atoms with Crippen LogP contribution in [0.15, 0.2) is 62.6 Å². The summed E-state index contributed by atoms with van der Waals surface area (Å²) in [5, 5.41) is 0. The molecule has 4 nitrogen and oxygen atoms in total. The Kier molecular flexibility index (Phi) is 5.72. The molecule has 0 aliphatic rings. The zero-order valence-corrected chi connectivity index (χ0v) is 16.1. The molecule has 3 aromatic rings. The van der Waals surface area contributed by atoms with Crippen LogP contribution in [0.5, 0.6) is 11.5 Å². The number of aryl methyl sites for hydroxylation is 1. The summed E-state index contributed by atoms with van der Waals surface area (Å²) in [4.78, 5) is 13.1. The fourth-order valence-electron chi connectivity index (χ4n) is 2.64. The van der Waals surface area contributed by atoms with E-state index in [0.717, 1.165) is 5.46 Å². The second-order valence-corrected chi connectivity index (χ2v) is 7.46. The van der Waals surface area contributed by atoms with E-state index in [1.807, 2.05) is 6.82 Å².